The average molecular weight is 382 g/mol. The Bertz CT molecular complexity index is 1030. The molecule has 5 N–H and O–H groups in total. The van der Waals surface area contributed by atoms with Gasteiger partial charge in [-0.15, -0.1) is 0 Å². The topological polar surface area (TPSA) is 177 Å². The monoisotopic (exact) mass is 382 g/mol. The molecule has 0 heterocycles. The van der Waals surface area contributed by atoms with Crippen LogP contribution in [0.1, 0.15) is 31.8 Å². The molecule has 2 aromatic rings. The first-order valence-corrected chi connectivity index (χ1v) is 8.19. The van der Waals surface area contributed by atoms with E-state index in [1.165, 1.54) is 24.3 Å². The Morgan fingerprint density at radius 2 is 1.46 bits per heavy atom. The second-order valence-electron chi connectivity index (χ2n) is 4.99. The van der Waals surface area contributed by atoms with Gasteiger partial charge in [0, 0.05) is 22.8 Å². The number of benzene rings is 2. The summed E-state index contributed by atoms with van der Waals surface area (Å²) >= 11 is 0. The Morgan fingerprint density at radius 1 is 0.885 bits per heavy atom. The summed E-state index contributed by atoms with van der Waals surface area (Å²) in [4.78, 5) is 41.3. The fraction of sp³-hybridized carbons (Fsp3) is 0. The van der Waals surface area contributed by atoms with Crippen molar-refractivity contribution >= 4 is 21.7 Å². The van der Waals surface area contributed by atoms with Crippen molar-refractivity contribution in [3.8, 4) is 11.5 Å². The maximum Gasteiger partial charge on any atom is 0.299 e. The first-order valence-electron chi connectivity index (χ1n) is 6.75. The molecule has 136 valence electrons. The van der Waals surface area contributed by atoms with Gasteiger partial charge in [0.25, 0.3) is 10.1 Å². The molecule has 0 amide bonds. The van der Waals surface area contributed by atoms with Crippen LogP contribution in [0, 0.1) is 0 Å². The quantitative estimate of drug-likeness (QED) is 0.309. The van der Waals surface area contributed by atoms with Gasteiger partial charge in [-0.2, -0.15) is 20.2 Å². The van der Waals surface area contributed by atoms with Crippen LogP contribution in [0.15, 0.2) is 35.2 Å². The standard InChI is InChI=1S/C14H10N2O9S/c15-24-22-9-5-8-10(14(26(19,20)21)13(9)23-25-16)12(18)7-4-2-1-3-6(7)11(8)17/h1-5H,15-16H2,(H,19,20,21). The lowest BCUT2D eigenvalue weighted by Crippen LogP contribution is -2.25. The molecule has 1 aliphatic carbocycles. The van der Waals surface area contributed by atoms with E-state index in [4.69, 9.17) is 11.8 Å². The van der Waals surface area contributed by atoms with Gasteiger partial charge in [-0.1, -0.05) is 34.2 Å². The van der Waals surface area contributed by atoms with E-state index in [2.05, 4.69) is 19.8 Å². The van der Waals surface area contributed by atoms with Crippen LogP contribution in [0.4, 0.5) is 0 Å². The molecular weight excluding hydrogens is 372 g/mol. The smallest absolute Gasteiger partial charge is 0.299 e. The Morgan fingerprint density at radius 3 is 2.00 bits per heavy atom. The van der Waals surface area contributed by atoms with Crippen molar-refractivity contribution in [3.05, 3.63) is 52.6 Å². The SMILES string of the molecule is NOOc1cc2c(c(S(=O)(=O)O)c1OON)C(=O)c1ccccc1C2=O. The largest absolute Gasteiger partial charge is 0.315 e. The molecule has 2 aromatic carbocycles. The summed E-state index contributed by atoms with van der Waals surface area (Å²) in [5.74, 6) is 6.61. The van der Waals surface area contributed by atoms with E-state index in [1.807, 2.05) is 0 Å². The van der Waals surface area contributed by atoms with Gasteiger partial charge < -0.3 is 9.78 Å². The van der Waals surface area contributed by atoms with Crippen LogP contribution in [-0.4, -0.2) is 24.5 Å². The zero-order valence-corrected chi connectivity index (χ0v) is 13.5. The lowest BCUT2D eigenvalue weighted by atomic mass is 9.84. The van der Waals surface area contributed by atoms with Crippen LogP contribution < -0.4 is 21.6 Å². The molecule has 0 bridgehead atoms. The third-order valence-electron chi connectivity index (χ3n) is 3.62. The summed E-state index contributed by atoms with van der Waals surface area (Å²) in [6, 6.07) is 6.68. The van der Waals surface area contributed by atoms with E-state index in [0.29, 0.717) is 0 Å². The summed E-state index contributed by atoms with van der Waals surface area (Å²) < 4.78 is 33.4. The Hall–Kier alpha value is -2.87. The predicted octanol–water partition coefficient (Wildman–Crippen LogP) is 0.0769. The molecule has 0 fully saturated rings. The number of carbonyl (C=O) groups excluding carboxylic acids is 2. The molecule has 11 nitrogen and oxygen atoms in total. The van der Waals surface area contributed by atoms with Gasteiger partial charge in [0.2, 0.25) is 11.5 Å². The summed E-state index contributed by atoms with van der Waals surface area (Å²) in [5.41, 5.74) is -1.03. The highest BCUT2D eigenvalue weighted by Gasteiger charge is 2.39. The Kier molecular flexibility index (Phi) is 4.45. The number of nitrogens with two attached hydrogens (primary N) is 2. The Labute approximate surface area is 145 Å². The number of rotatable bonds is 5. The van der Waals surface area contributed by atoms with Crippen LogP contribution in [0.25, 0.3) is 0 Å². The van der Waals surface area contributed by atoms with Gasteiger partial charge in [0.05, 0.1) is 5.56 Å². The molecule has 0 saturated carbocycles. The molecule has 1 aliphatic rings. The third-order valence-corrected chi connectivity index (χ3v) is 4.52. The van der Waals surface area contributed by atoms with Gasteiger partial charge in [0.15, 0.2) is 16.5 Å². The minimum atomic E-state index is -5.11. The van der Waals surface area contributed by atoms with E-state index in [-0.39, 0.29) is 16.7 Å². The molecular formula is C14H10N2O9S. The van der Waals surface area contributed by atoms with E-state index in [9.17, 15) is 22.6 Å². The number of carbonyl (C=O) groups is 2. The van der Waals surface area contributed by atoms with Crippen LogP contribution in [0.5, 0.6) is 11.5 Å². The van der Waals surface area contributed by atoms with E-state index in [0.717, 1.165) is 6.07 Å². The van der Waals surface area contributed by atoms with Crippen molar-refractivity contribution in [1.82, 2.24) is 0 Å². The maximum atomic E-state index is 12.8. The summed E-state index contributed by atoms with van der Waals surface area (Å²) in [5, 5.41) is 0. The van der Waals surface area contributed by atoms with Gasteiger partial charge in [-0.25, -0.2) is 0 Å². The van der Waals surface area contributed by atoms with Gasteiger partial charge >= 0.3 is 0 Å². The first kappa shape index (κ1) is 17.9. The highest BCUT2D eigenvalue weighted by atomic mass is 32.2. The van der Waals surface area contributed by atoms with E-state index < -0.39 is 43.6 Å². The molecule has 3 rings (SSSR count). The predicted molar refractivity (Wildman–Crippen MR) is 81.4 cm³/mol. The Balaban J connectivity index is 2.45. The second-order valence-corrected chi connectivity index (χ2v) is 6.35. The van der Waals surface area contributed by atoms with Crippen molar-refractivity contribution < 1.29 is 42.3 Å². The van der Waals surface area contributed by atoms with Crippen molar-refractivity contribution in [2.45, 2.75) is 4.90 Å². The number of hydrogen-bond acceptors (Lipinski definition) is 10. The number of fused-ring (bicyclic) bond motifs is 2. The van der Waals surface area contributed by atoms with Crippen LogP contribution >= 0.6 is 0 Å². The van der Waals surface area contributed by atoms with Crippen molar-refractivity contribution in [2.75, 3.05) is 0 Å². The summed E-state index contributed by atoms with van der Waals surface area (Å²) in [6.45, 7) is 0. The molecule has 12 heteroatoms. The molecule has 0 saturated heterocycles. The van der Waals surface area contributed by atoms with Crippen LogP contribution in [-0.2, 0) is 20.1 Å². The fourth-order valence-electron chi connectivity index (χ4n) is 2.67. The molecule has 0 spiro atoms. The minimum absolute atomic E-state index is 0.0367. The molecule has 26 heavy (non-hydrogen) atoms. The summed E-state index contributed by atoms with van der Waals surface area (Å²) in [6.07, 6.45) is 0. The maximum absolute atomic E-state index is 12.8. The zero-order chi connectivity index (χ0) is 19.1. The zero-order valence-electron chi connectivity index (χ0n) is 12.7. The lowest BCUT2D eigenvalue weighted by molar-refractivity contribution is -0.234. The molecule has 0 radical (unpaired) electrons. The molecule has 0 aliphatic heterocycles. The number of ketones is 2. The van der Waals surface area contributed by atoms with Crippen molar-refractivity contribution in [1.29, 1.82) is 0 Å². The lowest BCUT2D eigenvalue weighted by Gasteiger charge is -2.21. The van der Waals surface area contributed by atoms with Gasteiger partial charge in [-0.3, -0.25) is 14.1 Å². The van der Waals surface area contributed by atoms with Crippen LogP contribution in [0.2, 0.25) is 0 Å². The molecule has 0 unspecified atom stereocenters. The third kappa shape index (κ3) is 2.72. The fourth-order valence-corrected chi connectivity index (χ4v) is 3.50. The highest BCUT2D eigenvalue weighted by Crippen LogP contribution is 2.43. The van der Waals surface area contributed by atoms with Crippen molar-refractivity contribution in [2.24, 2.45) is 11.8 Å². The van der Waals surface area contributed by atoms with Crippen molar-refractivity contribution in [3.63, 3.8) is 0 Å². The number of hydrogen-bond donors (Lipinski definition) is 3. The van der Waals surface area contributed by atoms with Gasteiger partial charge in [0.1, 0.15) is 0 Å². The minimum Gasteiger partial charge on any atom is -0.315 e. The average Bonchev–Trinajstić information content (AvgIpc) is 2.59. The van der Waals surface area contributed by atoms with E-state index in [1.54, 1.807) is 0 Å². The van der Waals surface area contributed by atoms with E-state index >= 15 is 0 Å². The molecule has 0 aromatic heterocycles. The van der Waals surface area contributed by atoms with Crippen LogP contribution in [0.3, 0.4) is 0 Å². The highest BCUT2D eigenvalue weighted by molar-refractivity contribution is 7.86. The molecule has 0 atom stereocenters. The van der Waals surface area contributed by atoms with Gasteiger partial charge in [-0.05, 0) is 0 Å². The normalized spacial score (nSPS) is 13.2. The summed E-state index contributed by atoms with van der Waals surface area (Å²) in [7, 11) is -5.11. The first-order chi connectivity index (χ1) is 12.3. The second kappa shape index (κ2) is 6.45.